The van der Waals surface area contributed by atoms with E-state index < -0.39 is 0 Å². The van der Waals surface area contributed by atoms with E-state index in [-0.39, 0.29) is 17.7 Å². The molecule has 0 fully saturated rings. The number of hydrogen-bond acceptors (Lipinski definition) is 5. The summed E-state index contributed by atoms with van der Waals surface area (Å²) in [5.74, 6) is -0.323. The van der Waals surface area contributed by atoms with Gasteiger partial charge in [0.25, 0.3) is 0 Å². The fourth-order valence-corrected chi connectivity index (χ4v) is 4.04. The highest BCUT2D eigenvalue weighted by atomic mass is 32.1. The third kappa shape index (κ3) is 2.91. The first-order chi connectivity index (χ1) is 13.2. The van der Waals surface area contributed by atoms with Gasteiger partial charge in [-0.25, -0.2) is 18.3 Å². The van der Waals surface area contributed by atoms with Crippen molar-refractivity contribution < 1.29 is 13.5 Å². The number of benzene rings is 2. The summed E-state index contributed by atoms with van der Waals surface area (Å²) in [6.07, 6.45) is 2.53. The molecule has 0 aliphatic carbocycles. The SMILES string of the molecule is Fc1ccc(-c2cn3nc(N[C@H]4CCOc5c(F)cccc54)sc3n2)cc1. The number of ether oxygens (including phenoxy) is 1. The third-order valence-electron chi connectivity index (χ3n) is 4.51. The van der Waals surface area contributed by atoms with Gasteiger partial charge in [0.05, 0.1) is 24.5 Å². The molecule has 0 bridgehead atoms. The van der Waals surface area contributed by atoms with Gasteiger partial charge in [0.2, 0.25) is 10.1 Å². The van der Waals surface area contributed by atoms with Crippen molar-refractivity contribution in [2.45, 2.75) is 12.5 Å². The molecule has 0 radical (unpaired) electrons. The molecule has 1 atom stereocenters. The number of rotatable bonds is 3. The number of nitrogens with one attached hydrogen (secondary N) is 1. The van der Waals surface area contributed by atoms with Crippen LogP contribution in [0.2, 0.25) is 0 Å². The first-order valence-electron chi connectivity index (χ1n) is 8.47. The van der Waals surface area contributed by atoms with E-state index in [9.17, 15) is 8.78 Å². The van der Waals surface area contributed by atoms with Crippen LogP contribution in [0.5, 0.6) is 5.75 Å². The van der Waals surface area contributed by atoms with Crippen LogP contribution >= 0.6 is 11.3 Å². The van der Waals surface area contributed by atoms with Crippen molar-refractivity contribution in [2.24, 2.45) is 0 Å². The second kappa shape index (κ2) is 6.31. The highest BCUT2D eigenvalue weighted by Gasteiger charge is 2.25. The fourth-order valence-electron chi connectivity index (χ4n) is 3.20. The molecule has 1 aliphatic rings. The van der Waals surface area contributed by atoms with Crippen molar-refractivity contribution in [2.75, 3.05) is 11.9 Å². The van der Waals surface area contributed by atoms with Gasteiger partial charge in [-0.3, -0.25) is 0 Å². The van der Waals surface area contributed by atoms with Crippen molar-refractivity contribution in [3.8, 4) is 17.0 Å². The minimum Gasteiger partial charge on any atom is -0.490 e. The molecule has 136 valence electrons. The van der Waals surface area contributed by atoms with E-state index in [4.69, 9.17) is 4.74 Å². The van der Waals surface area contributed by atoms with E-state index in [0.717, 1.165) is 28.2 Å². The summed E-state index contributed by atoms with van der Waals surface area (Å²) < 4.78 is 34.2. The monoisotopic (exact) mass is 384 g/mol. The zero-order chi connectivity index (χ0) is 18.4. The molecule has 3 heterocycles. The first-order valence-corrected chi connectivity index (χ1v) is 9.29. The van der Waals surface area contributed by atoms with Crippen LogP contribution < -0.4 is 10.1 Å². The second-order valence-electron chi connectivity index (χ2n) is 6.26. The topological polar surface area (TPSA) is 51.5 Å². The quantitative estimate of drug-likeness (QED) is 0.558. The van der Waals surface area contributed by atoms with Crippen LogP contribution in [-0.2, 0) is 0 Å². The lowest BCUT2D eigenvalue weighted by atomic mass is 10.0. The van der Waals surface area contributed by atoms with E-state index in [1.807, 2.05) is 12.3 Å². The Morgan fingerprint density at radius 1 is 1.15 bits per heavy atom. The van der Waals surface area contributed by atoms with E-state index in [1.165, 1.54) is 29.5 Å². The van der Waals surface area contributed by atoms with E-state index >= 15 is 0 Å². The molecule has 5 rings (SSSR count). The molecule has 2 aromatic carbocycles. The molecule has 27 heavy (non-hydrogen) atoms. The molecule has 8 heteroatoms. The normalized spacial score (nSPS) is 16.1. The maximum absolute atomic E-state index is 13.9. The molecule has 2 aromatic heterocycles. The molecule has 1 N–H and O–H groups in total. The van der Waals surface area contributed by atoms with Gasteiger partial charge in [0.15, 0.2) is 11.6 Å². The Labute approximate surface area is 157 Å². The van der Waals surface area contributed by atoms with Crippen LogP contribution in [0.25, 0.3) is 16.2 Å². The number of hydrogen-bond donors (Lipinski definition) is 1. The molecule has 0 saturated carbocycles. The van der Waals surface area contributed by atoms with Crippen LogP contribution in [0.1, 0.15) is 18.0 Å². The molecule has 1 aliphatic heterocycles. The average Bonchev–Trinajstić information content (AvgIpc) is 3.22. The predicted octanol–water partition coefficient (Wildman–Crippen LogP) is 4.67. The van der Waals surface area contributed by atoms with Crippen molar-refractivity contribution in [1.82, 2.24) is 14.6 Å². The Kier molecular flexibility index (Phi) is 3.78. The van der Waals surface area contributed by atoms with Crippen LogP contribution in [0, 0.1) is 11.6 Å². The van der Waals surface area contributed by atoms with Gasteiger partial charge in [0.1, 0.15) is 5.82 Å². The molecule has 0 spiro atoms. The Bertz CT molecular complexity index is 1090. The summed E-state index contributed by atoms with van der Waals surface area (Å²) >= 11 is 1.41. The highest BCUT2D eigenvalue weighted by molar-refractivity contribution is 7.20. The van der Waals surface area contributed by atoms with Crippen LogP contribution in [0.4, 0.5) is 13.9 Å². The fraction of sp³-hybridized carbons (Fsp3) is 0.158. The molecular weight excluding hydrogens is 370 g/mol. The predicted molar refractivity (Wildman–Crippen MR) is 99.1 cm³/mol. The highest BCUT2D eigenvalue weighted by Crippen LogP contribution is 2.37. The third-order valence-corrected chi connectivity index (χ3v) is 5.36. The number of imidazole rings is 1. The Balaban J connectivity index is 1.42. The van der Waals surface area contributed by atoms with Crippen molar-refractivity contribution in [3.05, 3.63) is 65.9 Å². The van der Waals surface area contributed by atoms with Gasteiger partial charge in [0, 0.05) is 17.5 Å². The van der Waals surface area contributed by atoms with E-state index in [1.54, 1.807) is 22.7 Å². The van der Waals surface area contributed by atoms with Gasteiger partial charge in [-0.1, -0.05) is 23.5 Å². The Morgan fingerprint density at radius 2 is 2.00 bits per heavy atom. The summed E-state index contributed by atoms with van der Waals surface area (Å²) in [7, 11) is 0. The molecule has 0 saturated heterocycles. The summed E-state index contributed by atoms with van der Waals surface area (Å²) in [6, 6.07) is 11.1. The number of aromatic nitrogens is 3. The van der Waals surface area contributed by atoms with E-state index in [0.29, 0.717) is 17.5 Å². The van der Waals surface area contributed by atoms with Crippen molar-refractivity contribution in [1.29, 1.82) is 0 Å². The zero-order valence-electron chi connectivity index (χ0n) is 14.0. The lowest BCUT2D eigenvalue weighted by molar-refractivity contribution is 0.260. The van der Waals surface area contributed by atoms with Crippen LogP contribution in [-0.4, -0.2) is 21.2 Å². The number of fused-ring (bicyclic) bond motifs is 2. The van der Waals surface area contributed by atoms with Crippen molar-refractivity contribution >= 4 is 21.4 Å². The number of para-hydroxylation sites is 1. The second-order valence-corrected chi connectivity index (χ2v) is 7.22. The van der Waals surface area contributed by atoms with Crippen molar-refractivity contribution in [3.63, 3.8) is 0 Å². The summed E-state index contributed by atoms with van der Waals surface area (Å²) in [5, 5.41) is 8.57. The summed E-state index contributed by atoms with van der Waals surface area (Å²) in [5.41, 5.74) is 2.36. The molecule has 0 amide bonds. The van der Waals surface area contributed by atoms with Gasteiger partial charge in [-0.2, -0.15) is 0 Å². The van der Waals surface area contributed by atoms with E-state index in [2.05, 4.69) is 15.4 Å². The minimum atomic E-state index is -0.350. The lowest BCUT2D eigenvalue weighted by Gasteiger charge is -2.26. The summed E-state index contributed by atoms with van der Waals surface area (Å²) in [4.78, 5) is 5.28. The standard InChI is InChI=1S/C19H14F2N4OS/c20-12-6-4-11(5-7-12)16-10-25-19(23-16)27-18(24-25)22-15-8-9-26-17-13(15)2-1-3-14(17)21/h1-7,10,15H,8-9H2,(H,22,24)/t15-/m0/s1. The Hall–Kier alpha value is -3.00. The molecule has 5 nitrogen and oxygen atoms in total. The maximum Gasteiger partial charge on any atom is 0.214 e. The average molecular weight is 384 g/mol. The maximum atomic E-state index is 13.9. The minimum absolute atomic E-state index is 0.0723. The largest absolute Gasteiger partial charge is 0.490 e. The number of nitrogens with zero attached hydrogens (tertiary/aromatic N) is 3. The van der Waals surface area contributed by atoms with Crippen LogP contribution in [0.3, 0.4) is 0 Å². The van der Waals surface area contributed by atoms with Crippen LogP contribution in [0.15, 0.2) is 48.7 Å². The van der Waals surface area contributed by atoms with Gasteiger partial charge in [-0.15, -0.1) is 5.10 Å². The first kappa shape index (κ1) is 16.2. The summed E-state index contributed by atoms with van der Waals surface area (Å²) in [6.45, 7) is 0.447. The number of halogens is 2. The zero-order valence-corrected chi connectivity index (χ0v) is 14.8. The Morgan fingerprint density at radius 3 is 2.81 bits per heavy atom. The molecular formula is C19H14F2N4OS. The number of anilines is 1. The van der Waals surface area contributed by atoms with Gasteiger partial charge in [-0.05, 0) is 30.3 Å². The van der Waals surface area contributed by atoms with Gasteiger partial charge >= 0.3 is 0 Å². The molecule has 4 aromatic rings. The lowest BCUT2D eigenvalue weighted by Crippen LogP contribution is -2.21. The van der Waals surface area contributed by atoms with Gasteiger partial charge < -0.3 is 10.1 Å². The smallest absolute Gasteiger partial charge is 0.214 e. The molecule has 0 unspecified atom stereocenters.